The molecule has 0 atom stereocenters. The van der Waals surface area contributed by atoms with Crippen LogP contribution in [0.4, 0.5) is 0 Å². The Bertz CT molecular complexity index is 485. The van der Waals surface area contributed by atoms with E-state index in [0.717, 1.165) is 43.4 Å². The normalized spacial score (nSPS) is 28.6. The molecule has 0 unspecified atom stereocenters. The number of hydrogen-bond acceptors (Lipinski definition) is 2. The number of carbonyl (C=O) groups is 1. The fourth-order valence-corrected chi connectivity index (χ4v) is 3.90. The van der Waals surface area contributed by atoms with Crippen LogP contribution < -0.4 is 0 Å². The molecular weight excluding hydrogens is 320 g/mol. The fraction of sp³-hybridized carbons (Fsp3) is 0.562. The van der Waals surface area contributed by atoms with Gasteiger partial charge in [-0.1, -0.05) is 28.1 Å². The van der Waals surface area contributed by atoms with Crippen LogP contribution in [0, 0.1) is 11.8 Å². The average Bonchev–Trinajstić information content (AvgIpc) is 2.40. The smallest absolute Gasteiger partial charge is 0.306 e. The van der Waals surface area contributed by atoms with Gasteiger partial charge in [0, 0.05) is 9.89 Å². The van der Waals surface area contributed by atoms with Gasteiger partial charge in [-0.2, -0.15) is 0 Å². The van der Waals surface area contributed by atoms with E-state index >= 15 is 0 Å². The summed E-state index contributed by atoms with van der Waals surface area (Å²) < 4.78 is 6.61. The fourth-order valence-electron chi connectivity index (χ4n) is 3.63. The molecule has 4 heteroatoms. The van der Waals surface area contributed by atoms with Crippen LogP contribution in [0.5, 0.6) is 0 Å². The summed E-state index contributed by atoms with van der Waals surface area (Å²) in [6.45, 7) is 1.55. The van der Waals surface area contributed by atoms with Crippen molar-refractivity contribution in [2.75, 3.05) is 13.2 Å². The van der Waals surface area contributed by atoms with Crippen molar-refractivity contribution in [3.8, 4) is 0 Å². The lowest BCUT2D eigenvalue weighted by Crippen LogP contribution is -2.53. The molecule has 3 nitrogen and oxygen atoms in total. The van der Waals surface area contributed by atoms with Crippen LogP contribution in [0.15, 0.2) is 28.7 Å². The largest absolute Gasteiger partial charge is 0.481 e. The van der Waals surface area contributed by atoms with E-state index < -0.39 is 5.97 Å². The van der Waals surface area contributed by atoms with E-state index in [1.807, 2.05) is 0 Å². The molecule has 3 rings (SSSR count). The van der Waals surface area contributed by atoms with E-state index in [1.165, 1.54) is 5.56 Å². The third-order valence-corrected chi connectivity index (χ3v) is 5.52. The molecule has 1 aromatic carbocycles. The Labute approximate surface area is 127 Å². The van der Waals surface area contributed by atoms with Gasteiger partial charge >= 0.3 is 5.97 Å². The predicted molar refractivity (Wildman–Crippen MR) is 79.7 cm³/mol. The van der Waals surface area contributed by atoms with Crippen molar-refractivity contribution in [3.05, 3.63) is 34.3 Å². The van der Waals surface area contributed by atoms with Gasteiger partial charge in [0.2, 0.25) is 0 Å². The van der Waals surface area contributed by atoms with Gasteiger partial charge in [0.1, 0.15) is 0 Å². The molecule has 2 fully saturated rings. The van der Waals surface area contributed by atoms with Gasteiger partial charge in [-0.05, 0) is 49.3 Å². The zero-order chi connectivity index (χ0) is 14.2. The van der Waals surface area contributed by atoms with Crippen molar-refractivity contribution < 1.29 is 14.6 Å². The molecule has 108 valence electrons. The SMILES string of the molecule is O=C(O)C1CCC(C2(c3ccc(Br)cc3)COC2)CC1. The lowest BCUT2D eigenvalue weighted by Gasteiger charge is -2.49. The van der Waals surface area contributed by atoms with E-state index in [9.17, 15) is 4.79 Å². The topological polar surface area (TPSA) is 46.5 Å². The van der Waals surface area contributed by atoms with Gasteiger partial charge in [-0.3, -0.25) is 4.79 Å². The summed E-state index contributed by atoms with van der Waals surface area (Å²) >= 11 is 3.48. The first-order valence-electron chi connectivity index (χ1n) is 7.18. The first-order valence-corrected chi connectivity index (χ1v) is 7.98. The predicted octanol–water partition coefficient (Wildman–Crippen LogP) is 3.61. The highest BCUT2D eigenvalue weighted by Crippen LogP contribution is 2.47. The molecular formula is C16H19BrO3. The van der Waals surface area contributed by atoms with Crippen LogP contribution in [0.3, 0.4) is 0 Å². The van der Waals surface area contributed by atoms with Gasteiger partial charge in [0.15, 0.2) is 0 Å². The average molecular weight is 339 g/mol. The summed E-state index contributed by atoms with van der Waals surface area (Å²) in [6.07, 6.45) is 3.60. The minimum Gasteiger partial charge on any atom is -0.481 e. The van der Waals surface area contributed by atoms with Crippen molar-refractivity contribution in [1.29, 1.82) is 0 Å². The number of aliphatic carboxylic acids is 1. The Kier molecular flexibility index (Phi) is 3.87. The van der Waals surface area contributed by atoms with Crippen LogP contribution in [0.1, 0.15) is 31.2 Å². The van der Waals surface area contributed by atoms with E-state index in [-0.39, 0.29) is 11.3 Å². The third kappa shape index (κ3) is 2.40. The number of benzene rings is 1. The summed E-state index contributed by atoms with van der Waals surface area (Å²) in [4.78, 5) is 11.1. The molecule has 2 aliphatic rings. The Hall–Kier alpha value is -0.870. The molecule has 0 aromatic heterocycles. The summed E-state index contributed by atoms with van der Waals surface area (Å²) in [6, 6.07) is 8.52. The first-order chi connectivity index (χ1) is 9.62. The number of carboxylic acids is 1. The lowest BCUT2D eigenvalue weighted by atomic mass is 9.62. The third-order valence-electron chi connectivity index (χ3n) is 5.00. The summed E-state index contributed by atoms with van der Waals surface area (Å²) in [5.74, 6) is -0.228. The molecule has 1 heterocycles. The Morgan fingerprint density at radius 2 is 1.75 bits per heavy atom. The maximum absolute atomic E-state index is 11.1. The number of carboxylic acid groups (broad SMARTS) is 1. The van der Waals surface area contributed by atoms with E-state index in [0.29, 0.717) is 5.92 Å². The van der Waals surface area contributed by atoms with E-state index in [1.54, 1.807) is 0 Å². The zero-order valence-corrected chi connectivity index (χ0v) is 12.9. The van der Waals surface area contributed by atoms with Crippen molar-refractivity contribution >= 4 is 21.9 Å². The van der Waals surface area contributed by atoms with Crippen LogP contribution in [-0.2, 0) is 14.9 Å². The molecule has 1 saturated heterocycles. The van der Waals surface area contributed by atoms with Crippen molar-refractivity contribution in [2.45, 2.75) is 31.1 Å². The molecule has 1 aliphatic heterocycles. The number of halogens is 1. The van der Waals surface area contributed by atoms with Crippen LogP contribution >= 0.6 is 15.9 Å². The molecule has 1 N–H and O–H groups in total. The second kappa shape index (κ2) is 5.49. The highest BCUT2D eigenvalue weighted by molar-refractivity contribution is 9.10. The molecule has 0 amide bonds. The second-order valence-electron chi connectivity index (χ2n) is 6.04. The Morgan fingerprint density at radius 3 is 2.20 bits per heavy atom. The van der Waals surface area contributed by atoms with Gasteiger partial charge in [-0.15, -0.1) is 0 Å². The molecule has 1 aromatic rings. The summed E-state index contributed by atoms with van der Waals surface area (Å²) in [7, 11) is 0. The van der Waals surface area contributed by atoms with E-state index in [4.69, 9.17) is 9.84 Å². The highest BCUT2D eigenvalue weighted by atomic mass is 79.9. The number of hydrogen-bond donors (Lipinski definition) is 1. The summed E-state index contributed by atoms with van der Waals surface area (Å²) in [5, 5.41) is 9.12. The second-order valence-corrected chi connectivity index (χ2v) is 6.96. The van der Waals surface area contributed by atoms with Gasteiger partial charge < -0.3 is 9.84 Å². The molecule has 1 saturated carbocycles. The number of rotatable bonds is 3. The molecule has 20 heavy (non-hydrogen) atoms. The van der Waals surface area contributed by atoms with Gasteiger partial charge in [0.25, 0.3) is 0 Å². The monoisotopic (exact) mass is 338 g/mol. The molecule has 0 bridgehead atoms. The van der Waals surface area contributed by atoms with E-state index in [2.05, 4.69) is 40.2 Å². The molecule has 1 aliphatic carbocycles. The Morgan fingerprint density at radius 1 is 1.15 bits per heavy atom. The minimum atomic E-state index is -0.633. The van der Waals surface area contributed by atoms with Gasteiger partial charge in [0.05, 0.1) is 19.1 Å². The summed E-state index contributed by atoms with van der Waals surface area (Å²) in [5.41, 5.74) is 1.45. The van der Waals surface area contributed by atoms with Gasteiger partial charge in [-0.25, -0.2) is 0 Å². The first kappa shape index (κ1) is 14.1. The highest BCUT2D eigenvalue weighted by Gasteiger charge is 2.48. The van der Waals surface area contributed by atoms with Crippen molar-refractivity contribution in [1.82, 2.24) is 0 Å². The minimum absolute atomic E-state index is 0.115. The molecule has 0 spiro atoms. The van der Waals surface area contributed by atoms with Crippen molar-refractivity contribution in [2.24, 2.45) is 11.8 Å². The maximum Gasteiger partial charge on any atom is 0.306 e. The standard InChI is InChI=1S/C16H19BrO3/c17-14-7-5-13(6-8-14)16(9-20-10-16)12-3-1-11(2-4-12)15(18)19/h5-8,11-12H,1-4,9-10H2,(H,18,19). The van der Waals surface area contributed by atoms with Crippen molar-refractivity contribution in [3.63, 3.8) is 0 Å². The zero-order valence-electron chi connectivity index (χ0n) is 11.3. The quantitative estimate of drug-likeness (QED) is 0.915. The van der Waals surface area contributed by atoms with Crippen LogP contribution in [0.2, 0.25) is 0 Å². The molecule has 0 radical (unpaired) electrons. The number of ether oxygens (including phenoxy) is 1. The van der Waals surface area contributed by atoms with Crippen LogP contribution in [-0.4, -0.2) is 24.3 Å². The lowest BCUT2D eigenvalue weighted by molar-refractivity contribution is -0.145. The Balaban J connectivity index is 1.77. The maximum atomic E-state index is 11.1. The van der Waals surface area contributed by atoms with Crippen LogP contribution in [0.25, 0.3) is 0 Å².